The van der Waals surface area contributed by atoms with Gasteiger partial charge in [-0.2, -0.15) is 0 Å². The summed E-state index contributed by atoms with van der Waals surface area (Å²) in [5.74, 6) is -2.46. The Morgan fingerprint density at radius 3 is 0.837 bits per heavy atom. The Bertz CT molecular complexity index is 1720. The number of unbranched alkanes of at least 4 members (excludes halogenated alkanes) is 26. The number of hydrogen-bond donors (Lipinski definition) is 4. The topological polar surface area (TPSA) is 217 Å². The Morgan fingerprint density at radius 2 is 0.570 bits per heavy atom. The summed E-state index contributed by atoms with van der Waals surface area (Å²) in [7, 11) is 0. The second-order valence-corrected chi connectivity index (χ2v) is 25.0. The fraction of sp³-hybridized carbons (Fsp3) is 0.899. The number of aliphatic hydroxyl groups is 2. The second-order valence-electron chi connectivity index (χ2n) is 25.0. The summed E-state index contributed by atoms with van der Waals surface area (Å²) in [6.45, 7) is 16.7. The minimum atomic E-state index is -0.688. The molecule has 0 heterocycles. The average molecular weight is 1220 g/mol. The Kier molecular flexibility index (Phi) is 53.9. The third kappa shape index (κ3) is 42.2. The summed E-state index contributed by atoms with van der Waals surface area (Å²) in [4.78, 5) is 110. The Labute approximate surface area is 526 Å². The van der Waals surface area contributed by atoms with E-state index in [4.69, 9.17) is 5.73 Å². The minimum Gasteiger partial charge on any atom is -0.395 e. The molecule has 5 N–H and O–H groups in total. The van der Waals surface area contributed by atoms with E-state index in [1.807, 2.05) is 0 Å². The predicted octanol–water partition coefficient (Wildman–Crippen LogP) is 11.8. The Morgan fingerprint density at radius 1 is 0.326 bits per heavy atom. The largest absolute Gasteiger partial charge is 0.395 e. The molecule has 86 heavy (non-hydrogen) atoms. The highest BCUT2D eigenvalue weighted by molar-refractivity contribution is 5.92. The molecule has 0 rings (SSSR count). The van der Waals surface area contributed by atoms with E-state index in [2.05, 4.69) is 60.7 Å². The maximum Gasteiger partial charge on any atom is 0.242 e. The van der Waals surface area contributed by atoms with Crippen LogP contribution in [0.5, 0.6) is 0 Å². The van der Waals surface area contributed by atoms with Gasteiger partial charge in [-0.05, 0) is 50.4 Å². The maximum atomic E-state index is 15.2. The van der Waals surface area contributed by atoms with Crippen molar-refractivity contribution in [1.29, 1.82) is 0 Å². The number of nitrogens with one attached hydrogen (secondary N) is 1. The average Bonchev–Trinajstić information content (AvgIpc) is 3.09. The molecule has 0 saturated heterocycles. The zero-order chi connectivity index (χ0) is 64.0. The fourth-order valence-electron chi connectivity index (χ4n) is 11.2. The molecule has 17 nitrogen and oxygen atoms in total. The van der Waals surface area contributed by atoms with Gasteiger partial charge >= 0.3 is 0 Å². The molecule has 2 unspecified atom stereocenters. The van der Waals surface area contributed by atoms with Crippen LogP contribution in [0.4, 0.5) is 0 Å². The van der Waals surface area contributed by atoms with E-state index in [-0.39, 0.29) is 106 Å². The molecule has 504 valence electrons. The molecule has 2 atom stereocenters. The van der Waals surface area contributed by atoms with Gasteiger partial charge < -0.3 is 50.7 Å². The predicted molar refractivity (Wildman–Crippen MR) is 353 cm³/mol. The van der Waals surface area contributed by atoms with E-state index in [1.54, 1.807) is 24.5 Å². The van der Waals surface area contributed by atoms with Crippen LogP contribution >= 0.6 is 0 Å². The molecule has 0 saturated carbocycles. The molecule has 0 aromatic heterocycles. The zero-order valence-electron chi connectivity index (χ0n) is 56.8. The highest BCUT2D eigenvalue weighted by Crippen LogP contribution is 2.19. The molecule has 17 heteroatoms. The van der Waals surface area contributed by atoms with Gasteiger partial charge in [0.25, 0.3) is 0 Å². The molecular formula is C69H134N8O9. The summed E-state index contributed by atoms with van der Waals surface area (Å²) < 4.78 is 0. The lowest BCUT2D eigenvalue weighted by Gasteiger charge is -2.34. The van der Waals surface area contributed by atoms with Crippen molar-refractivity contribution in [3.8, 4) is 0 Å². The molecule has 7 amide bonds. The number of carbonyl (C=O) groups is 7. The highest BCUT2D eigenvalue weighted by atomic mass is 16.3. The van der Waals surface area contributed by atoms with Crippen molar-refractivity contribution in [1.82, 2.24) is 34.7 Å². The van der Waals surface area contributed by atoms with Gasteiger partial charge in [-0.25, -0.2) is 0 Å². The number of carbonyl (C=O) groups excluding carboxylic acids is 7. The van der Waals surface area contributed by atoms with Crippen molar-refractivity contribution in [2.24, 2.45) is 17.6 Å². The lowest BCUT2D eigenvalue weighted by atomic mass is 9.98. The first-order valence-corrected chi connectivity index (χ1v) is 35.5. The van der Waals surface area contributed by atoms with Crippen LogP contribution < -0.4 is 11.1 Å². The zero-order valence-corrected chi connectivity index (χ0v) is 56.8. The van der Waals surface area contributed by atoms with Crippen LogP contribution in [0.2, 0.25) is 0 Å². The normalized spacial score (nSPS) is 12.1. The third-order valence-electron chi connectivity index (χ3n) is 17.2. The number of amides is 7. The van der Waals surface area contributed by atoms with Gasteiger partial charge in [0.1, 0.15) is 0 Å². The number of nitrogens with two attached hydrogens (primary N) is 1. The molecule has 0 fully saturated rings. The SMILES string of the molecule is CCCCCCCCCCN(CC(=O)N(CC(N)=O)CC(CC)CCCC)C(=O)CN(CCCCCCCC)C(=O)CN(CC(CC)CCCC)C(=O)CN(CCCCCCCCCC)C(=O)CN(CCCCCCCC)C(=O)CNC(CO)CO. The quantitative estimate of drug-likeness (QED) is 0.0422. The van der Waals surface area contributed by atoms with Crippen LogP contribution in [-0.2, 0) is 33.6 Å². The van der Waals surface area contributed by atoms with Crippen LogP contribution in [0.3, 0.4) is 0 Å². The highest BCUT2D eigenvalue weighted by Gasteiger charge is 2.31. The molecule has 0 spiro atoms. The molecule has 0 aliphatic carbocycles. The van der Waals surface area contributed by atoms with E-state index >= 15 is 9.59 Å². The lowest BCUT2D eigenvalue weighted by molar-refractivity contribution is -0.148. The van der Waals surface area contributed by atoms with E-state index in [0.717, 1.165) is 173 Å². The van der Waals surface area contributed by atoms with Crippen LogP contribution in [0.25, 0.3) is 0 Å². The number of rotatable bonds is 61. The van der Waals surface area contributed by atoms with Crippen LogP contribution in [0.15, 0.2) is 0 Å². The second kappa shape index (κ2) is 56.4. The van der Waals surface area contributed by atoms with Gasteiger partial charge in [-0.15, -0.1) is 0 Å². The standard InChI is InChI=1S/C69H134N8O9/c1-9-17-23-27-31-33-37-41-47-74(55-68(85)76(52-63(70)80)50-60(15-7)43-21-13-5)66(83)54-73(46-40-36-30-26-20-12-4)67(84)57-77(51-61(16-8)44-22-14-6)69(86)56-75(48-42-38-34-32-28-24-18-10-2)65(82)53-72(45-39-35-29-25-19-11-3)64(81)49-71-62(58-78)59-79/h60-62,71,78-79H,9-59H2,1-8H3,(H2,70,80). The van der Waals surface area contributed by atoms with Gasteiger partial charge in [0.15, 0.2) is 0 Å². The maximum absolute atomic E-state index is 15.2. The number of primary amides is 1. The molecule has 0 radical (unpaired) electrons. The van der Waals surface area contributed by atoms with Crippen molar-refractivity contribution < 1.29 is 43.8 Å². The molecule has 0 aromatic carbocycles. The van der Waals surface area contributed by atoms with Crippen molar-refractivity contribution in [3.05, 3.63) is 0 Å². The summed E-state index contributed by atoms with van der Waals surface area (Å²) in [5, 5.41) is 22.4. The first kappa shape index (κ1) is 82.2. The minimum absolute atomic E-state index is 0.0857. The van der Waals surface area contributed by atoms with Gasteiger partial charge in [0.2, 0.25) is 41.4 Å². The van der Waals surface area contributed by atoms with Gasteiger partial charge in [0, 0.05) is 39.3 Å². The fourth-order valence-corrected chi connectivity index (χ4v) is 11.2. The summed E-state index contributed by atoms with van der Waals surface area (Å²) in [6.07, 6.45) is 35.8. The lowest BCUT2D eigenvalue weighted by Crippen LogP contribution is -2.53. The van der Waals surface area contributed by atoms with Gasteiger partial charge in [-0.1, -0.05) is 248 Å². The first-order valence-electron chi connectivity index (χ1n) is 35.5. The smallest absolute Gasteiger partial charge is 0.242 e. The molecule has 0 aromatic rings. The van der Waals surface area contributed by atoms with Crippen molar-refractivity contribution in [3.63, 3.8) is 0 Å². The van der Waals surface area contributed by atoms with Gasteiger partial charge in [-0.3, -0.25) is 33.6 Å². The van der Waals surface area contributed by atoms with Crippen molar-refractivity contribution >= 4 is 41.4 Å². The van der Waals surface area contributed by atoms with E-state index in [9.17, 15) is 34.2 Å². The number of hydrogen-bond acceptors (Lipinski definition) is 10. The molecule has 0 aliphatic rings. The van der Waals surface area contributed by atoms with E-state index in [1.165, 1.54) is 37.0 Å². The van der Waals surface area contributed by atoms with Gasteiger partial charge in [0.05, 0.1) is 65.1 Å². The van der Waals surface area contributed by atoms with Crippen molar-refractivity contribution in [2.45, 2.75) is 293 Å². The number of aliphatic hydroxyl groups excluding tert-OH is 2. The summed E-state index contributed by atoms with van der Waals surface area (Å²) in [6, 6.07) is -0.688. The Hall–Kier alpha value is -3.83. The van der Waals surface area contributed by atoms with E-state index in [0.29, 0.717) is 65.0 Å². The summed E-state index contributed by atoms with van der Waals surface area (Å²) in [5.41, 5.74) is 5.75. The van der Waals surface area contributed by atoms with Crippen LogP contribution in [0, 0.1) is 11.8 Å². The Balaban J connectivity index is 7.39. The number of nitrogens with zero attached hydrogens (tertiary/aromatic N) is 6. The van der Waals surface area contributed by atoms with Crippen molar-refractivity contribution in [2.75, 3.05) is 98.3 Å². The molecule has 0 bridgehead atoms. The first-order chi connectivity index (χ1) is 41.6. The van der Waals surface area contributed by atoms with Crippen LogP contribution in [0.1, 0.15) is 287 Å². The summed E-state index contributed by atoms with van der Waals surface area (Å²) >= 11 is 0. The molecule has 0 aliphatic heterocycles. The monoisotopic (exact) mass is 1220 g/mol. The van der Waals surface area contributed by atoms with E-state index < -0.39 is 11.9 Å². The third-order valence-corrected chi connectivity index (χ3v) is 17.2. The molecular weight excluding hydrogens is 1080 g/mol. The van der Waals surface area contributed by atoms with Crippen LogP contribution in [-0.4, -0.2) is 185 Å².